The second kappa shape index (κ2) is 6.34. The molecule has 1 saturated carbocycles. The Balaban J connectivity index is 1.90. The molecular weight excluding hydrogens is 293 g/mol. The van der Waals surface area contributed by atoms with Gasteiger partial charge in [0, 0.05) is 5.25 Å². The van der Waals surface area contributed by atoms with Crippen LogP contribution in [-0.4, -0.2) is 32.8 Å². The topological polar surface area (TPSA) is 59.2 Å². The van der Waals surface area contributed by atoms with Gasteiger partial charge < -0.3 is 9.63 Å². The van der Waals surface area contributed by atoms with Gasteiger partial charge in [0.2, 0.25) is 5.89 Å². The molecule has 1 heterocycles. The highest BCUT2D eigenvalue weighted by Gasteiger charge is 2.44. The van der Waals surface area contributed by atoms with Crippen LogP contribution in [0.5, 0.6) is 0 Å². The summed E-state index contributed by atoms with van der Waals surface area (Å²) in [5.74, 6) is -0.508. The van der Waals surface area contributed by atoms with Gasteiger partial charge in [-0.25, -0.2) is 0 Å². The molecule has 2 unspecified atom stereocenters. The number of hydrogen-bond acceptors (Lipinski definition) is 5. The summed E-state index contributed by atoms with van der Waals surface area (Å²) in [5, 5.41) is 13.4. The molecular formula is C12H17F3N2O2S. The predicted molar refractivity (Wildman–Crippen MR) is 68.3 cm³/mol. The largest absolute Gasteiger partial charge is 0.415 e. The van der Waals surface area contributed by atoms with Crippen molar-refractivity contribution in [2.45, 2.75) is 61.8 Å². The van der Waals surface area contributed by atoms with Gasteiger partial charge in [-0.2, -0.15) is 29.9 Å². The van der Waals surface area contributed by atoms with Crippen LogP contribution >= 0.6 is 11.8 Å². The Morgan fingerprint density at radius 1 is 1.40 bits per heavy atom. The van der Waals surface area contributed by atoms with Gasteiger partial charge in [-0.1, -0.05) is 24.9 Å². The van der Waals surface area contributed by atoms with Gasteiger partial charge in [-0.15, -0.1) is 0 Å². The number of thioether (sulfide) groups is 1. The minimum atomic E-state index is -4.69. The molecule has 0 radical (unpaired) electrons. The predicted octanol–water partition coefficient (Wildman–Crippen LogP) is 3.27. The van der Waals surface area contributed by atoms with Crippen LogP contribution in [0.2, 0.25) is 0 Å². The van der Waals surface area contributed by atoms with Crippen molar-refractivity contribution in [3.05, 3.63) is 11.7 Å². The normalized spacial score (nSPS) is 20.2. The highest BCUT2D eigenvalue weighted by atomic mass is 32.2. The van der Waals surface area contributed by atoms with Crippen LogP contribution in [0.25, 0.3) is 0 Å². The molecule has 0 saturated heterocycles. The smallest absolute Gasteiger partial charge is 0.383 e. The maximum atomic E-state index is 12.4. The molecule has 20 heavy (non-hydrogen) atoms. The van der Waals surface area contributed by atoms with Crippen LogP contribution in [0.3, 0.4) is 0 Å². The van der Waals surface area contributed by atoms with Crippen molar-refractivity contribution in [3.8, 4) is 0 Å². The van der Waals surface area contributed by atoms with E-state index >= 15 is 0 Å². The van der Waals surface area contributed by atoms with Crippen LogP contribution in [0.4, 0.5) is 13.2 Å². The summed E-state index contributed by atoms with van der Waals surface area (Å²) in [5.41, 5.74) is 0. The van der Waals surface area contributed by atoms with Crippen molar-refractivity contribution < 1.29 is 22.8 Å². The van der Waals surface area contributed by atoms with E-state index in [1.54, 1.807) is 11.8 Å². The second-order valence-electron chi connectivity index (χ2n) is 5.04. The Morgan fingerprint density at radius 2 is 2.05 bits per heavy atom. The first-order valence-electron chi connectivity index (χ1n) is 6.57. The number of aliphatic hydroxyl groups is 1. The highest BCUT2D eigenvalue weighted by Crippen LogP contribution is 2.33. The number of nitrogens with zero attached hydrogens (tertiary/aromatic N) is 2. The molecule has 1 aliphatic rings. The zero-order valence-electron chi connectivity index (χ0n) is 11.1. The van der Waals surface area contributed by atoms with E-state index in [1.165, 1.54) is 32.6 Å². The molecule has 0 aliphatic heterocycles. The van der Waals surface area contributed by atoms with Crippen LogP contribution < -0.4 is 0 Å². The maximum Gasteiger partial charge on any atom is 0.415 e. The number of hydrogen-bond donors (Lipinski definition) is 1. The lowest BCUT2D eigenvalue weighted by atomic mass is 10.1. The molecule has 0 bridgehead atoms. The molecule has 0 aromatic carbocycles. The number of aromatic nitrogens is 2. The first-order valence-corrected chi connectivity index (χ1v) is 7.61. The molecule has 0 spiro atoms. The highest BCUT2D eigenvalue weighted by molar-refractivity contribution is 7.99. The number of rotatable bonds is 5. The lowest BCUT2D eigenvalue weighted by Crippen LogP contribution is -2.33. The fourth-order valence-corrected chi connectivity index (χ4v) is 3.35. The molecule has 1 N–H and O–H groups in total. The fraction of sp³-hybridized carbons (Fsp3) is 0.833. The Hall–Kier alpha value is -0.760. The first kappa shape index (κ1) is 15.6. The van der Waals surface area contributed by atoms with Gasteiger partial charge in [0.1, 0.15) is 0 Å². The van der Waals surface area contributed by atoms with Crippen molar-refractivity contribution >= 4 is 11.8 Å². The van der Waals surface area contributed by atoms with E-state index in [2.05, 4.69) is 10.1 Å². The minimum absolute atomic E-state index is 0.170. The van der Waals surface area contributed by atoms with E-state index in [9.17, 15) is 13.2 Å². The quantitative estimate of drug-likeness (QED) is 0.904. The van der Waals surface area contributed by atoms with E-state index in [1.807, 2.05) is 0 Å². The van der Waals surface area contributed by atoms with Gasteiger partial charge in [0.25, 0.3) is 0 Å². The van der Waals surface area contributed by atoms with Gasteiger partial charge in [-0.3, -0.25) is 0 Å². The lowest BCUT2D eigenvalue weighted by molar-refractivity contribution is -0.210. The van der Waals surface area contributed by atoms with E-state index < -0.39 is 18.2 Å². The van der Waals surface area contributed by atoms with Crippen LogP contribution in [0.15, 0.2) is 4.52 Å². The molecule has 1 aromatic rings. The van der Waals surface area contributed by atoms with E-state index in [0.717, 1.165) is 0 Å². The monoisotopic (exact) mass is 310 g/mol. The Bertz CT molecular complexity index is 433. The molecule has 114 valence electrons. The third-order valence-corrected chi connectivity index (χ3v) is 4.80. The van der Waals surface area contributed by atoms with Crippen molar-refractivity contribution in [2.24, 2.45) is 0 Å². The van der Waals surface area contributed by atoms with E-state index in [-0.39, 0.29) is 5.89 Å². The Kier molecular flexibility index (Phi) is 4.95. The molecule has 1 aromatic heterocycles. The Morgan fingerprint density at radius 3 is 2.65 bits per heavy atom. The standard InChI is InChI=1S/C12H17F3N2O2S/c1-7(10(18)12(13,14)15)11-16-9(17-19-11)6-20-8-4-2-3-5-8/h7-8,10,18H,2-6H2,1H3. The van der Waals surface area contributed by atoms with Gasteiger partial charge in [0.05, 0.1) is 11.7 Å². The van der Waals surface area contributed by atoms with Crippen molar-refractivity contribution in [2.75, 3.05) is 0 Å². The molecule has 2 atom stereocenters. The lowest BCUT2D eigenvalue weighted by Gasteiger charge is -2.17. The molecule has 1 aliphatic carbocycles. The summed E-state index contributed by atoms with van der Waals surface area (Å²) in [4.78, 5) is 3.95. The average Bonchev–Trinajstić information content (AvgIpc) is 3.04. The molecule has 4 nitrogen and oxygen atoms in total. The summed E-state index contributed by atoms with van der Waals surface area (Å²) in [7, 11) is 0. The number of halogens is 3. The summed E-state index contributed by atoms with van der Waals surface area (Å²) < 4.78 is 42.0. The summed E-state index contributed by atoms with van der Waals surface area (Å²) in [6, 6.07) is 0. The number of alkyl halides is 3. The van der Waals surface area contributed by atoms with Gasteiger partial charge >= 0.3 is 6.18 Å². The maximum absolute atomic E-state index is 12.4. The minimum Gasteiger partial charge on any atom is -0.383 e. The Labute approximate surface area is 119 Å². The second-order valence-corrected chi connectivity index (χ2v) is 6.33. The molecule has 8 heteroatoms. The van der Waals surface area contributed by atoms with Crippen molar-refractivity contribution in [3.63, 3.8) is 0 Å². The van der Waals surface area contributed by atoms with Gasteiger partial charge in [-0.05, 0) is 12.8 Å². The number of aliphatic hydroxyl groups excluding tert-OH is 1. The van der Waals surface area contributed by atoms with E-state index in [0.29, 0.717) is 16.8 Å². The fourth-order valence-electron chi connectivity index (χ4n) is 2.18. The molecule has 0 amide bonds. The zero-order valence-corrected chi connectivity index (χ0v) is 11.9. The molecule has 2 rings (SSSR count). The van der Waals surface area contributed by atoms with Crippen molar-refractivity contribution in [1.82, 2.24) is 10.1 Å². The first-order chi connectivity index (χ1) is 9.38. The summed E-state index contributed by atoms with van der Waals surface area (Å²) in [6.07, 6.45) is -2.39. The van der Waals surface area contributed by atoms with Crippen LogP contribution in [0, 0.1) is 0 Å². The zero-order chi connectivity index (χ0) is 14.8. The van der Waals surface area contributed by atoms with Crippen molar-refractivity contribution in [1.29, 1.82) is 0 Å². The third kappa shape index (κ3) is 3.88. The third-order valence-electron chi connectivity index (χ3n) is 3.43. The van der Waals surface area contributed by atoms with Crippen LogP contribution in [0.1, 0.15) is 50.2 Å². The van der Waals surface area contributed by atoms with Crippen LogP contribution in [-0.2, 0) is 5.75 Å². The van der Waals surface area contributed by atoms with Gasteiger partial charge in [0.15, 0.2) is 11.9 Å². The molecule has 1 fully saturated rings. The SMILES string of the molecule is CC(c1nc(CSC2CCCC2)no1)C(O)C(F)(F)F. The summed E-state index contributed by atoms with van der Waals surface area (Å²) in [6.45, 7) is 1.22. The average molecular weight is 310 g/mol. The summed E-state index contributed by atoms with van der Waals surface area (Å²) >= 11 is 1.71. The van der Waals surface area contributed by atoms with E-state index in [4.69, 9.17) is 9.63 Å².